The van der Waals surface area contributed by atoms with Crippen LogP contribution in [0.1, 0.15) is 29.8 Å². The van der Waals surface area contributed by atoms with Gasteiger partial charge in [-0.2, -0.15) is 0 Å². The number of piperidine rings is 1. The molecule has 38 heavy (non-hydrogen) atoms. The Labute approximate surface area is 220 Å². The van der Waals surface area contributed by atoms with Crippen LogP contribution in [0, 0.1) is 5.82 Å². The van der Waals surface area contributed by atoms with Crippen molar-refractivity contribution in [1.82, 2.24) is 14.9 Å². The van der Waals surface area contributed by atoms with E-state index in [2.05, 4.69) is 20.5 Å². The second kappa shape index (κ2) is 10.4. The summed E-state index contributed by atoms with van der Waals surface area (Å²) in [5.41, 5.74) is 5.72. The molecule has 0 atom stereocenters. The third-order valence-corrected chi connectivity index (χ3v) is 7.32. The first-order valence-corrected chi connectivity index (χ1v) is 13.0. The Morgan fingerprint density at radius 1 is 1.11 bits per heavy atom. The first-order chi connectivity index (χ1) is 18.6. The number of anilines is 2. The molecule has 2 aliphatic heterocycles. The summed E-state index contributed by atoms with van der Waals surface area (Å²) in [6.07, 6.45) is 2.07. The minimum Gasteiger partial charge on any atom is -0.383 e. The lowest BCUT2D eigenvalue weighted by Gasteiger charge is -2.32. The number of carbonyl (C=O) groups is 1. The van der Waals surface area contributed by atoms with Gasteiger partial charge in [-0.05, 0) is 60.9 Å². The van der Waals surface area contributed by atoms with Gasteiger partial charge in [0.1, 0.15) is 11.6 Å². The fraction of sp³-hybridized carbons (Fsp3) is 0.267. The number of carbonyl (C=O) groups excluding carboxylic acids is 1. The summed E-state index contributed by atoms with van der Waals surface area (Å²) in [5, 5.41) is 6.66. The molecule has 2 aliphatic rings. The second-order valence-electron chi connectivity index (χ2n) is 9.83. The highest BCUT2D eigenvalue weighted by Gasteiger charge is 2.31. The number of nitrogens with zero attached hydrogens (tertiary/aromatic N) is 2. The lowest BCUT2D eigenvalue weighted by Crippen LogP contribution is -2.40. The minimum absolute atomic E-state index is 0.233. The van der Waals surface area contributed by atoms with Gasteiger partial charge in [-0.1, -0.05) is 24.3 Å². The van der Waals surface area contributed by atoms with Gasteiger partial charge < -0.3 is 25.3 Å². The number of nitrogens with one attached hydrogen (secondary N) is 3. The number of likely N-dealkylation sites (tertiary alicyclic amines) is 1. The van der Waals surface area contributed by atoms with Gasteiger partial charge in [0.2, 0.25) is 0 Å². The monoisotopic (exact) mass is 511 g/mol. The number of hydrogen-bond donors (Lipinski definition) is 3. The number of halogens is 1. The zero-order valence-corrected chi connectivity index (χ0v) is 21.3. The molecule has 0 spiro atoms. The third-order valence-electron chi connectivity index (χ3n) is 7.32. The Morgan fingerprint density at radius 2 is 1.95 bits per heavy atom. The first-order valence-electron chi connectivity index (χ1n) is 13.0. The van der Waals surface area contributed by atoms with E-state index in [1.165, 1.54) is 12.1 Å². The van der Waals surface area contributed by atoms with Gasteiger partial charge in [-0.3, -0.25) is 4.79 Å². The number of imidazole rings is 1. The molecule has 1 saturated heterocycles. The summed E-state index contributed by atoms with van der Waals surface area (Å²) >= 11 is 0. The lowest BCUT2D eigenvalue weighted by atomic mass is 9.94. The van der Waals surface area contributed by atoms with Crippen LogP contribution < -0.4 is 10.6 Å². The summed E-state index contributed by atoms with van der Waals surface area (Å²) in [7, 11) is 1.73. The quantitative estimate of drug-likeness (QED) is 0.300. The second-order valence-corrected chi connectivity index (χ2v) is 9.83. The van der Waals surface area contributed by atoms with Gasteiger partial charge >= 0.3 is 0 Å². The summed E-state index contributed by atoms with van der Waals surface area (Å²) in [4.78, 5) is 23.9. The van der Waals surface area contributed by atoms with Gasteiger partial charge in [0.25, 0.3) is 5.91 Å². The molecule has 0 radical (unpaired) electrons. The lowest BCUT2D eigenvalue weighted by molar-refractivity contribution is -0.110. The highest BCUT2D eigenvalue weighted by atomic mass is 19.1. The maximum Gasteiger partial charge on any atom is 0.257 e. The molecule has 8 heteroatoms. The Kier molecular flexibility index (Phi) is 6.66. The van der Waals surface area contributed by atoms with E-state index in [4.69, 9.17) is 9.72 Å². The Bertz CT molecular complexity index is 1490. The number of hydrogen-bond acceptors (Lipinski definition) is 5. The average Bonchev–Trinajstić information content (AvgIpc) is 3.49. The standard InChI is InChI=1S/C30H30FN5O2/c1-38-16-15-36-13-11-21(12-14-36)32-22-9-10-24-23(18-22)28(30(37)35-24)27(19-5-4-6-20(31)17-19)29-33-25-7-2-3-8-26(25)34-29/h2-10,17-18,21,32H,11-16H2,1H3,(H,33,34)(H,35,37)/b28-27-. The maximum absolute atomic E-state index is 14.4. The van der Waals surface area contributed by atoms with Crippen molar-refractivity contribution >= 4 is 39.5 Å². The van der Waals surface area contributed by atoms with Crippen molar-refractivity contribution in [1.29, 1.82) is 0 Å². The van der Waals surface area contributed by atoms with E-state index >= 15 is 0 Å². The number of benzene rings is 3. The molecule has 1 amide bonds. The van der Waals surface area contributed by atoms with E-state index in [1.54, 1.807) is 13.2 Å². The van der Waals surface area contributed by atoms with Crippen LogP contribution in [0.2, 0.25) is 0 Å². The molecule has 0 bridgehead atoms. The molecule has 1 aromatic heterocycles. The van der Waals surface area contributed by atoms with Crippen LogP contribution in [0.5, 0.6) is 0 Å². The first kappa shape index (κ1) is 24.3. The van der Waals surface area contributed by atoms with Crippen molar-refractivity contribution in [3.63, 3.8) is 0 Å². The molecule has 3 heterocycles. The zero-order valence-electron chi connectivity index (χ0n) is 21.3. The fourth-order valence-electron chi connectivity index (χ4n) is 5.38. The van der Waals surface area contributed by atoms with Crippen LogP contribution in [-0.4, -0.2) is 60.2 Å². The largest absolute Gasteiger partial charge is 0.383 e. The molecular formula is C30H30FN5O2. The number of ether oxygens (including phenoxy) is 1. The normalized spacial score (nSPS) is 17.5. The van der Waals surface area contributed by atoms with E-state index < -0.39 is 0 Å². The number of fused-ring (bicyclic) bond motifs is 2. The molecule has 3 N–H and O–H groups in total. The molecule has 6 rings (SSSR count). The molecular weight excluding hydrogens is 481 g/mol. The minimum atomic E-state index is -0.373. The van der Waals surface area contributed by atoms with Gasteiger partial charge in [0.05, 0.1) is 23.2 Å². The van der Waals surface area contributed by atoms with E-state index in [0.29, 0.717) is 28.6 Å². The highest BCUT2D eigenvalue weighted by molar-refractivity contribution is 6.38. The molecule has 4 aromatic rings. The average molecular weight is 512 g/mol. The zero-order chi connectivity index (χ0) is 26.1. The van der Waals surface area contributed by atoms with Gasteiger partial charge in [0, 0.05) is 55.3 Å². The van der Waals surface area contributed by atoms with Crippen LogP contribution in [0.4, 0.5) is 15.8 Å². The van der Waals surface area contributed by atoms with Crippen molar-refractivity contribution in [2.45, 2.75) is 18.9 Å². The topological polar surface area (TPSA) is 82.3 Å². The van der Waals surface area contributed by atoms with Crippen LogP contribution in [-0.2, 0) is 9.53 Å². The summed E-state index contributed by atoms with van der Waals surface area (Å²) in [5.74, 6) is -0.0810. The maximum atomic E-state index is 14.4. The van der Waals surface area contributed by atoms with Crippen molar-refractivity contribution in [3.05, 3.63) is 89.5 Å². The van der Waals surface area contributed by atoms with Crippen LogP contribution >= 0.6 is 0 Å². The molecule has 7 nitrogen and oxygen atoms in total. The third kappa shape index (κ3) is 4.80. The number of H-pyrrole nitrogens is 1. The highest BCUT2D eigenvalue weighted by Crippen LogP contribution is 2.41. The molecule has 0 saturated carbocycles. The Morgan fingerprint density at radius 3 is 2.74 bits per heavy atom. The predicted octanol–water partition coefficient (Wildman–Crippen LogP) is 5.14. The smallest absolute Gasteiger partial charge is 0.257 e. The molecule has 0 aliphatic carbocycles. The van der Waals surface area contributed by atoms with Crippen molar-refractivity contribution in [2.75, 3.05) is 44.0 Å². The van der Waals surface area contributed by atoms with Gasteiger partial charge in [0.15, 0.2) is 0 Å². The molecule has 3 aromatic carbocycles. The fourth-order valence-corrected chi connectivity index (χ4v) is 5.38. The van der Waals surface area contributed by atoms with Crippen LogP contribution in [0.15, 0.2) is 66.7 Å². The predicted molar refractivity (Wildman–Crippen MR) is 148 cm³/mol. The number of aromatic nitrogens is 2. The van der Waals surface area contributed by atoms with Crippen LogP contribution in [0.25, 0.3) is 22.2 Å². The van der Waals surface area contributed by atoms with Crippen molar-refractivity contribution < 1.29 is 13.9 Å². The van der Waals surface area contributed by atoms with E-state index in [0.717, 1.165) is 67.1 Å². The van der Waals surface area contributed by atoms with Crippen molar-refractivity contribution in [2.24, 2.45) is 0 Å². The SMILES string of the molecule is COCCN1CCC(Nc2ccc3c(c2)/C(=C(\c2cccc(F)c2)c2nc4ccccc4[nH]2)C(=O)N3)CC1. The number of aromatic amines is 1. The molecule has 0 unspecified atom stereocenters. The molecule has 194 valence electrons. The number of para-hydroxylation sites is 2. The Hall–Kier alpha value is -4.01. The summed E-state index contributed by atoms with van der Waals surface area (Å²) in [6.45, 7) is 3.74. The molecule has 1 fully saturated rings. The number of methoxy groups -OCH3 is 1. The number of rotatable bonds is 7. The van der Waals surface area contributed by atoms with Gasteiger partial charge in [-0.15, -0.1) is 0 Å². The van der Waals surface area contributed by atoms with E-state index in [1.807, 2.05) is 48.5 Å². The van der Waals surface area contributed by atoms with E-state index in [9.17, 15) is 9.18 Å². The van der Waals surface area contributed by atoms with E-state index in [-0.39, 0.29) is 11.7 Å². The van der Waals surface area contributed by atoms with Crippen molar-refractivity contribution in [3.8, 4) is 0 Å². The summed E-state index contributed by atoms with van der Waals surface area (Å²) in [6, 6.07) is 20.3. The number of amides is 1. The van der Waals surface area contributed by atoms with Gasteiger partial charge in [-0.25, -0.2) is 9.37 Å². The van der Waals surface area contributed by atoms with Crippen LogP contribution in [0.3, 0.4) is 0 Å². The Balaban J connectivity index is 1.38. The summed E-state index contributed by atoms with van der Waals surface area (Å²) < 4.78 is 19.6.